The molecule has 0 unspecified atom stereocenters. The minimum atomic E-state index is -0.589. The van der Waals surface area contributed by atoms with E-state index in [1.165, 1.54) is 15.9 Å². The molecule has 0 N–H and O–H groups in total. The Morgan fingerprint density at radius 3 is 2.96 bits per heavy atom. The van der Waals surface area contributed by atoms with E-state index in [2.05, 4.69) is 20.1 Å². The van der Waals surface area contributed by atoms with E-state index in [0.29, 0.717) is 5.78 Å². The van der Waals surface area contributed by atoms with Gasteiger partial charge in [0.15, 0.2) is 0 Å². The lowest BCUT2D eigenvalue weighted by Gasteiger charge is -1.97. The van der Waals surface area contributed by atoms with E-state index in [1.54, 1.807) is 12.3 Å². The van der Waals surface area contributed by atoms with Crippen LogP contribution in [-0.2, 0) is 11.3 Å². The number of rotatable bonds is 3. The zero-order valence-electron chi connectivity index (χ0n) is 12.1. The highest BCUT2D eigenvalue weighted by Crippen LogP contribution is 2.22. The predicted octanol–water partition coefficient (Wildman–Crippen LogP) is 2.40. The van der Waals surface area contributed by atoms with Gasteiger partial charge in [-0.1, -0.05) is 12.1 Å². The van der Waals surface area contributed by atoms with Gasteiger partial charge >= 0.3 is 5.97 Å². The fraction of sp³-hybridized carbons (Fsp3) is 0.133. The summed E-state index contributed by atoms with van der Waals surface area (Å²) in [6.07, 6.45) is 1.62. The van der Waals surface area contributed by atoms with E-state index >= 15 is 0 Å². The van der Waals surface area contributed by atoms with Crippen molar-refractivity contribution in [2.75, 3.05) is 0 Å². The number of thiazole rings is 1. The van der Waals surface area contributed by atoms with Crippen molar-refractivity contribution in [1.29, 1.82) is 0 Å². The van der Waals surface area contributed by atoms with Gasteiger partial charge in [-0.15, -0.1) is 16.4 Å². The van der Waals surface area contributed by atoms with Crippen molar-refractivity contribution in [3.63, 3.8) is 0 Å². The molecule has 0 spiro atoms. The molecule has 0 saturated carbocycles. The summed E-state index contributed by atoms with van der Waals surface area (Å²) in [6, 6.07) is 9.57. The molecule has 1 aromatic carbocycles. The van der Waals surface area contributed by atoms with E-state index in [0.717, 1.165) is 20.9 Å². The van der Waals surface area contributed by atoms with E-state index in [4.69, 9.17) is 4.74 Å². The highest BCUT2D eigenvalue weighted by Gasteiger charge is 2.16. The van der Waals surface area contributed by atoms with Crippen LogP contribution in [0.2, 0.25) is 0 Å². The van der Waals surface area contributed by atoms with Gasteiger partial charge in [0.1, 0.15) is 11.6 Å². The fourth-order valence-electron chi connectivity index (χ4n) is 2.17. The standard InChI is InChI=1S/C15H11N5O2S/c1-9-6-7-16-15-18-13(19-20(9)15)14(21)22-8-12-17-10-4-2-3-5-11(10)23-12/h2-7H,8H2,1H3. The van der Waals surface area contributed by atoms with Crippen molar-refractivity contribution in [2.24, 2.45) is 0 Å². The van der Waals surface area contributed by atoms with Crippen molar-refractivity contribution in [3.05, 3.63) is 53.1 Å². The number of fused-ring (bicyclic) bond motifs is 2. The Morgan fingerprint density at radius 1 is 1.26 bits per heavy atom. The van der Waals surface area contributed by atoms with E-state index in [1.807, 2.05) is 31.2 Å². The summed E-state index contributed by atoms with van der Waals surface area (Å²) in [5, 5.41) is 4.85. The van der Waals surface area contributed by atoms with Gasteiger partial charge in [0.25, 0.3) is 11.6 Å². The molecule has 0 aliphatic heterocycles. The SMILES string of the molecule is Cc1ccnc2nc(C(=O)OCc3nc4ccccc4s3)nn12. The summed E-state index contributed by atoms with van der Waals surface area (Å²) in [6.45, 7) is 1.96. The molecule has 8 heteroatoms. The second-order valence-electron chi connectivity index (χ2n) is 4.88. The molecule has 114 valence electrons. The van der Waals surface area contributed by atoms with Crippen LogP contribution in [0.1, 0.15) is 21.3 Å². The lowest BCUT2D eigenvalue weighted by atomic mass is 10.3. The summed E-state index contributed by atoms with van der Waals surface area (Å²) in [4.78, 5) is 24.7. The number of aromatic nitrogens is 5. The maximum absolute atomic E-state index is 12.1. The maximum Gasteiger partial charge on any atom is 0.378 e. The van der Waals surface area contributed by atoms with Crippen molar-refractivity contribution >= 4 is 33.3 Å². The van der Waals surface area contributed by atoms with Crippen LogP contribution in [0.25, 0.3) is 16.0 Å². The lowest BCUT2D eigenvalue weighted by Crippen LogP contribution is -2.07. The number of carbonyl (C=O) groups excluding carboxylic acids is 1. The van der Waals surface area contributed by atoms with Gasteiger partial charge < -0.3 is 4.74 Å². The predicted molar refractivity (Wildman–Crippen MR) is 84.3 cm³/mol. The van der Waals surface area contributed by atoms with Crippen LogP contribution in [0, 0.1) is 6.92 Å². The summed E-state index contributed by atoms with van der Waals surface area (Å²) in [7, 11) is 0. The molecular formula is C15H11N5O2S. The number of benzene rings is 1. The molecule has 0 radical (unpaired) electrons. The second-order valence-corrected chi connectivity index (χ2v) is 6.00. The van der Waals surface area contributed by atoms with Crippen molar-refractivity contribution in [1.82, 2.24) is 24.6 Å². The lowest BCUT2D eigenvalue weighted by molar-refractivity contribution is 0.0458. The van der Waals surface area contributed by atoms with Crippen molar-refractivity contribution in [3.8, 4) is 0 Å². The van der Waals surface area contributed by atoms with Crippen LogP contribution in [0.5, 0.6) is 0 Å². The number of nitrogens with zero attached hydrogens (tertiary/aromatic N) is 5. The van der Waals surface area contributed by atoms with Crippen molar-refractivity contribution < 1.29 is 9.53 Å². The van der Waals surface area contributed by atoms with Crippen LogP contribution in [0.4, 0.5) is 0 Å². The first-order chi connectivity index (χ1) is 11.2. The quantitative estimate of drug-likeness (QED) is 0.538. The van der Waals surface area contributed by atoms with Gasteiger partial charge in [0, 0.05) is 11.9 Å². The molecular weight excluding hydrogens is 314 g/mol. The topological polar surface area (TPSA) is 82.3 Å². The number of esters is 1. The van der Waals surface area contributed by atoms with Gasteiger partial charge in [-0.05, 0) is 25.1 Å². The van der Waals surface area contributed by atoms with Crippen LogP contribution in [-0.4, -0.2) is 30.5 Å². The molecule has 0 bridgehead atoms. The molecule has 7 nitrogen and oxygen atoms in total. The van der Waals surface area contributed by atoms with Crippen LogP contribution in [0.3, 0.4) is 0 Å². The summed E-state index contributed by atoms with van der Waals surface area (Å²) < 4.78 is 7.82. The third-order valence-electron chi connectivity index (χ3n) is 3.28. The maximum atomic E-state index is 12.1. The zero-order chi connectivity index (χ0) is 15.8. The number of ether oxygens (including phenoxy) is 1. The molecule has 0 saturated heterocycles. The first-order valence-corrected chi connectivity index (χ1v) is 7.72. The Kier molecular flexibility index (Phi) is 3.23. The summed E-state index contributed by atoms with van der Waals surface area (Å²) >= 11 is 1.50. The van der Waals surface area contributed by atoms with Crippen LogP contribution >= 0.6 is 11.3 Å². The smallest absolute Gasteiger partial charge is 0.378 e. The Balaban J connectivity index is 1.53. The Morgan fingerprint density at radius 2 is 2.13 bits per heavy atom. The molecule has 23 heavy (non-hydrogen) atoms. The monoisotopic (exact) mass is 325 g/mol. The number of para-hydroxylation sites is 1. The van der Waals surface area contributed by atoms with Gasteiger partial charge in [-0.25, -0.2) is 19.3 Å². The molecule has 4 aromatic rings. The molecule has 0 fully saturated rings. The molecule has 4 rings (SSSR count). The molecule has 0 aliphatic rings. The average Bonchev–Trinajstić information content (AvgIpc) is 3.17. The zero-order valence-corrected chi connectivity index (χ0v) is 12.9. The first-order valence-electron chi connectivity index (χ1n) is 6.91. The number of hydrogen-bond acceptors (Lipinski definition) is 7. The highest BCUT2D eigenvalue weighted by atomic mass is 32.1. The summed E-state index contributed by atoms with van der Waals surface area (Å²) in [5.74, 6) is -0.223. The van der Waals surface area contributed by atoms with E-state index < -0.39 is 5.97 Å². The second kappa shape index (κ2) is 5.40. The van der Waals surface area contributed by atoms with Gasteiger partial charge in [0.2, 0.25) is 0 Å². The van der Waals surface area contributed by atoms with E-state index in [-0.39, 0.29) is 12.4 Å². The average molecular weight is 325 g/mol. The number of carbonyl (C=O) groups is 1. The fourth-order valence-corrected chi connectivity index (χ4v) is 3.05. The minimum Gasteiger partial charge on any atom is -0.452 e. The number of aryl methyl sites for hydroxylation is 1. The Hall–Kier alpha value is -2.87. The molecule has 3 heterocycles. The van der Waals surface area contributed by atoms with Crippen LogP contribution < -0.4 is 0 Å². The normalized spacial score (nSPS) is 11.2. The van der Waals surface area contributed by atoms with Gasteiger partial charge in [0.05, 0.1) is 10.2 Å². The largest absolute Gasteiger partial charge is 0.452 e. The first kappa shape index (κ1) is 13.8. The molecule has 3 aromatic heterocycles. The van der Waals surface area contributed by atoms with Gasteiger partial charge in [-0.2, -0.15) is 4.98 Å². The molecule has 0 aliphatic carbocycles. The minimum absolute atomic E-state index is 0.00656. The summed E-state index contributed by atoms with van der Waals surface area (Å²) in [5.41, 5.74) is 1.74. The Labute approximate surface area is 134 Å². The highest BCUT2D eigenvalue weighted by molar-refractivity contribution is 7.18. The number of hydrogen-bond donors (Lipinski definition) is 0. The molecule has 0 atom stereocenters. The van der Waals surface area contributed by atoms with Gasteiger partial charge in [-0.3, -0.25) is 0 Å². The molecule has 0 amide bonds. The van der Waals surface area contributed by atoms with E-state index in [9.17, 15) is 4.79 Å². The Bertz CT molecular complexity index is 990. The van der Waals surface area contributed by atoms with Crippen molar-refractivity contribution in [2.45, 2.75) is 13.5 Å². The third-order valence-corrected chi connectivity index (χ3v) is 4.29. The third kappa shape index (κ3) is 2.53. The van der Waals surface area contributed by atoms with Crippen LogP contribution in [0.15, 0.2) is 36.5 Å².